The van der Waals surface area contributed by atoms with E-state index in [1.165, 1.54) is 18.3 Å². The number of nitrogens with one attached hydrogen (secondary N) is 1. The molecule has 0 spiro atoms. The number of nitrogens with zero attached hydrogens (tertiary/aromatic N) is 1. The van der Waals surface area contributed by atoms with Gasteiger partial charge in [-0.2, -0.15) is 0 Å². The third kappa shape index (κ3) is 3.52. The average molecular weight is 268 g/mol. The van der Waals surface area contributed by atoms with Crippen molar-refractivity contribution in [2.75, 3.05) is 5.32 Å². The summed E-state index contributed by atoms with van der Waals surface area (Å²) in [6, 6.07) is 12.4. The molecule has 1 amide bonds. The summed E-state index contributed by atoms with van der Waals surface area (Å²) in [5, 5.41) is 11.4. The normalized spacial score (nSPS) is 10.4. The van der Waals surface area contributed by atoms with E-state index in [2.05, 4.69) is 10.3 Å². The Balaban J connectivity index is 2.09. The minimum absolute atomic E-state index is 0.169. The van der Waals surface area contributed by atoms with E-state index in [0.29, 0.717) is 0 Å². The van der Waals surface area contributed by atoms with Crippen molar-refractivity contribution in [1.29, 1.82) is 0 Å². The first-order valence-corrected chi connectivity index (χ1v) is 5.89. The number of pyridine rings is 1. The van der Waals surface area contributed by atoms with Crippen molar-refractivity contribution >= 4 is 23.6 Å². The molecular weight excluding hydrogens is 256 g/mol. The quantitative estimate of drug-likeness (QED) is 0.835. The third-order valence-corrected chi connectivity index (χ3v) is 2.49. The summed E-state index contributed by atoms with van der Waals surface area (Å²) in [4.78, 5) is 26.4. The van der Waals surface area contributed by atoms with Crippen LogP contribution in [0.2, 0.25) is 0 Å². The first-order chi connectivity index (χ1) is 9.66. The molecule has 0 aliphatic heterocycles. The van der Waals surface area contributed by atoms with Crippen molar-refractivity contribution < 1.29 is 14.7 Å². The molecule has 2 rings (SSSR count). The number of amides is 1. The molecule has 1 aromatic heterocycles. The lowest BCUT2D eigenvalue weighted by atomic mass is 10.2. The molecule has 0 saturated carbocycles. The number of hydrogen-bond donors (Lipinski definition) is 2. The molecule has 0 saturated heterocycles. The number of aromatic carboxylic acids is 1. The lowest BCUT2D eigenvalue weighted by Crippen LogP contribution is -2.13. The van der Waals surface area contributed by atoms with Crippen LogP contribution in [0.5, 0.6) is 0 Å². The average Bonchev–Trinajstić information content (AvgIpc) is 2.46. The van der Waals surface area contributed by atoms with Gasteiger partial charge in [0, 0.05) is 12.3 Å². The van der Waals surface area contributed by atoms with Crippen LogP contribution < -0.4 is 5.32 Å². The fourth-order valence-electron chi connectivity index (χ4n) is 1.59. The van der Waals surface area contributed by atoms with Gasteiger partial charge in [0.2, 0.25) is 5.91 Å². The van der Waals surface area contributed by atoms with Crippen LogP contribution in [0.15, 0.2) is 54.7 Å². The third-order valence-electron chi connectivity index (χ3n) is 2.49. The molecule has 1 heterocycles. The van der Waals surface area contributed by atoms with Gasteiger partial charge in [0.1, 0.15) is 0 Å². The Hall–Kier alpha value is -2.95. The van der Waals surface area contributed by atoms with Crippen molar-refractivity contribution in [1.82, 2.24) is 4.98 Å². The van der Waals surface area contributed by atoms with Gasteiger partial charge in [-0.05, 0) is 23.8 Å². The fourth-order valence-corrected chi connectivity index (χ4v) is 1.59. The van der Waals surface area contributed by atoms with Crippen LogP contribution in [0.25, 0.3) is 6.08 Å². The molecule has 2 N–H and O–H groups in total. The number of carboxylic acids is 1. The molecule has 0 radical (unpaired) electrons. The van der Waals surface area contributed by atoms with Gasteiger partial charge in [0.15, 0.2) is 5.69 Å². The topological polar surface area (TPSA) is 79.3 Å². The van der Waals surface area contributed by atoms with E-state index in [1.807, 2.05) is 30.3 Å². The van der Waals surface area contributed by atoms with E-state index in [9.17, 15) is 9.59 Å². The minimum atomic E-state index is -1.19. The van der Waals surface area contributed by atoms with E-state index < -0.39 is 11.9 Å². The van der Waals surface area contributed by atoms with Crippen LogP contribution >= 0.6 is 0 Å². The van der Waals surface area contributed by atoms with E-state index in [1.54, 1.807) is 12.1 Å². The highest BCUT2D eigenvalue weighted by atomic mass is 16.4. The second-order valence-corrected chi connectivity index (χ2v) is 3.94. The first-order valence-electron chi connectivity index (χ1n) is 5.89. The van der Waals surface area contributed by atoms with Crippen molar-refractivity contribution in [2.24, 2.45) is 0 Å². The summed E-state index contributed by atoms with van der Waals surface area (Å²) in [6.07, 6.45) is 4.35. The van der Waals surface area contributed by atoms with Gasteiger partial charge in [0.05, 0.1) is 5.69 Å². The highest BCUT2D eigenvalue weighted by Gasteiger charge is 2.11. The fraction of sp³-hybridized carbons (Fsp3) is 0. The Labute approximate surface area is 115 Å². The Kier molecular flexibility index (Phi) is 4.24. The summed E-state index contributed by atoms with van der Waals surface area (Å²) in [7, 11) is 0. The maximum absolute atomic E-state index is 11.7. The molecule has 0 fully saturated rings. The van der Waals surface area contributed by atoms with Gasteiger partial charge in [-0.25, -0.2) is 9.78 Å². The van der Waals surface area contributed by atoms with Crippen molar-refractivity contribution in [3.63, 3.8) is 0 Å². The molecular formula is C15H12N2O3. The zero-order valence-electron chi connectivity index (χ0n) is 10.5. The van der Waals surface area contributed by atoms with Crippen LogP contribution in [0.1, 0.15) is 16.1 Å². The second-order valence-electron chi connectivity index (χ2n) is 3.94. The van der Waals surface area contributed by atoms with Crippen LogP contribution in [-0.4, -0.2) is 22.0 Å². The zero-order chi connectivity index (χ0) is 14.4. The van der Waals surface area contributed by atoms with Crippen molar-refractivity contribution in [2.45, 2.75) is 0 Å². The molecule has 0 unspecified atom stereocenters. The van der Waals surface area contributed by atoms with Gasteiger partial charge in [-0.1, -0.05) is 30.3 Å². The molecule has 5 heteroatoms. The summed E-state index contributed by atoms with van der Waals surface area (Å²) in [5.74, 6) is -1.60. The first kappa shape index (κ1) is 13.5. The Morgan fingerprint density at radius 3 is 2.55 bits per heavy atom. The zero-order valence-corrected chi connectivity index (χ0v) is 10.5. The Morgan fingerprint density at radius 1 is 1.10 bits per heavy atom. The minimum Gasteiger partial charge on any atom is -0.476 e. The highest BCUT2D eigenvalue weighted by molar-refractivity contribution is 6.05. The molecule has 0 atom stereocenters. The van der Waals surface area contributed by atoms with Crippen molar-refractivity contribution in [3.05, 3.63) is 66.0 Å². The molecule has 2 aromatic rings. The van der Waals surface area contributed by atoms with Crippen LogP contribution in [0.3, 0.4) is 0 Å². The van der Waals surface area contributed by atoms with Crippen LogP contribution in [-0.2, 0) is 4.79 Å². The smallest absolute Gasteiger partial charge is 0.356 e. The largest absolute Gasteiger partial charge is 0.476 e. The molecule has 0 aliphatic rings. The number of rotatable bonds is 4. The SMILES string of the molecule is O=C(/C=C/c1ccccc1)Nc1cccnc1C(=O)O. The number of hydrogen-bond acceptors (Lipinski definition) is 3. The number of anilines is 1. The van der Waals surface area contributed by atoms with Gasteiger partial charge in [-0.3, -0.25) is 4.79 Å². The maximum Gasteiger partial charge on any atom is 0.356 e. The van der Waals surface area contributed by atoms with E-state index in [0.717, 1.165) is 5.56 Å². The monoisotopic (exact) mass is 268 g/mol. The van der Waals surface area contributed by atoms with E-state index in [-0.39, 0.29) is 11.4 Å². The number of carboxylic acid groups (broad SMARTS) is 1. The molecule has 0 bridgehead atoms. The summed E-state index contributed by atoms with van der Waals surface area (Å²) in [5.41, 5.74) is 0.865. The Bertz CT molecular complexity index is 651. The summed E-state index contributed by atoms with van der Waals surface area (Å²) >= 11 is 0. The standard InChI is InChI=1S/C15H12N2O3/c18-13(9-8-11-5-2-1-3-6-11)17-12-7-4-10-16-14(12)15(19)20/h1-10H,(H,17,18)(H,19,20)/b9-8+. The lowest BCUT2D eigenvalue weighted by Gasteiger charge is -2.04. The number of carbonyl (C=O) groups excluding carboxylic acids is 1. The molecule has 20 heavy (non-hydrogen) atoms. The number of aromatic nitrogens is 1. The highest BCUT2D eigenvalue weighted by Crippen LogP contribution is 2.12. The predicted octanol–water partition coefficient (Wildman–Crippen LogP) is 2.43. The van der Waals surface area contributed by atoms with Crippen molar-refractivity contribution in [3.8, 4) is 0 Å². The van der Waals surface area contributed by atoms with Gasteiger partial charge in [0.25, 0.3) is 0 Å². The molecule has 5 nitrogen and oxygen atoms in total. The molecule has 0 aliphatic carbocycles. The van der Waals surface area contributed by atoms with Gasteiger partial charge >= 0.3 is 5.97 Å². The number of benzene rings is 1. The Morgan fingerprint density at radius 2 is 1.85 bits per heavy atom. The van der Waals surface area contributed by atoms with Gasteiger partial charge in [-0.15, -0.1) is 0 Å². The number of carbonyl (C=O) groups is 2. The summed E-state index contributed by atoms with van der Waals surface area (Å²) < 4.78 is 0. The van der Waals surface area contributed by atoms with Crippen LogP contribution in [0.4, 0.5) is 5.69 Å². The predicted molar refractivity (Wildman–Crippen MR) is 75.3 cm³/mol. The van der Waals surface area contributed by atoms with E-state index in [4.69, 9.17) is 5.11 Å². The summed E-state index contributed by atoms with van der Waals surface area (Å²) in [6.45, 7) is 0. The molecule has 1 aromatic carbocycles. The second kappa shape index (κ2) is 6.29. The lowest BCUT2D eigenvalue weighted by molar-refractivity contribution is -0.111. The van der Waals surface area contributed by atoms with E-state index >= 15 is 0 Å². The maximum atomic E-state index is 11.7. The van der Waals surface area contributed by atoms with Gasteiger partial charge < -0.3 is 10.4 Å². The van der Waals surface area contributed by atoms with Crippen LogP contribution in [0, 0.1) is 0 Å². The molecule has 100 valence electrons.